The van der Waals surface area contributed by atoms with E-state index in [2.05, 4.69) is 5.43 Å². The lowest BCUT2D eigenvalue weighted by Gasteiger charge is -2.30. The van der Waals surface area contributed by atoms with Gasteiger partial charge in [-0.15, -0.1) is 0 Å². The lowest BCUT2D eigenvalue weighted by atomic mass is 9.96. The van der Waals surface area contributed by atoms with Crippen LogP contribution in [0.4, 0.5) is 4.39 Å². The van der Waals surface area contributed by atoms with Gasteiger partial charge in [0.15, 0.2) is 0 Å². The molecule has 1 aromatic rings. The summed E-state index contributed by atoms with van der Waals surface area (Å²) in [4.78, 5) is 0. The topological polar surface area (TPSA) is 47.3 Å². The van der Waals surface area contributed by atoms with Crippen LogP contribution in [0.15, 0.2) is 18.2 Å². The van der Waals surface area contributed by atoms with Crippen molar-refractivity contribution in [2.24, 2.45) is 5.84 Å². The Balaban J connectivity index is 2.21. The molecule has 0 radical (unpaired) electrons. The highest BCUT2D eigenvalue weighted by Crippen LogP contribution is 2.28. The van der Waals surface area contributed by atoms with Gasteiger partial charge in [0.2, 0.25) is 0 Å². The van der Waals surface area contributed by atoms with Crippen LogP contribution >= 0.6 is 11.6 Å². The van der Waals surface area contributed by atoms with Crippen molar-refractivity contribution < 1.29 is 9.13 Å². The Morgan fingerprint density at radius 1 is 1.47 bits per heavy atom. The number of nitrogens with one attached hydrogen (secondary N) is 1. The summed E-state index contributed by atoms with van der Waals surface area (Å²) < 4.78 is 19.4. The van der Waals surface area contributed by atoms with Crippen molar-refractivity contribution in [3.63, 3.8) is 0 Å². The van der Waals surface area contributed by atoms with Crippen LogP contribution < -0.4 is 11.3 Å². The van der Waals surface area contributed by atoms with Gasteiger partial charge in [0.25, 0.3) is 0 Å². The maximum atomic E-state index is 13.8. The largest absolute Gasteiger partial charge is 0.376 e. The summed E-state index contributed by atoms with van der Waals surface area (Å²) in [5.41, 5.74) is 3.14. The summed E-state index contributed by atoms with van der Waals surface area (Å²) in [6.07, 6.45) is 2.94. The second-order valence-electron chi connectivity index (χ2n) is 4.22. The number of hydrogen-bond donors (Lipinski definition) is 2. The molecule has 1 aliphatic heterocycles. The van der Waals surface area contributed by atoms with Gasteiger partial charge in [-0.1, -0.05) is 17.7 Å². The van der Waals surface area contributed by atoms with Crippen LogP contribution in [0, 0.1) is 5.82 Å². The molecule has 0 saturated carbocycles. The van der Waals surface area contributed by atoms with E-state index in [0.717, 1.165) is 19.3 Å². The van der Waals surface area contributed by atoms with Crippen LogP contribution in [0.2, 0.25) is 5.02 Å². The number of ether oxygens (including phenoxy) is 1. The van der Waals surface area contributed by atoms with E-state index in [-0.39, 0.29) is 18.0 Å². The van der Waals surface area contributed by atoms with Gasteiger partial charge in [0.1, 0.15) is 5.82 Å². The molecule has 2 unspecified atom stereocenters. The number of benzene rings is 1. The number of rotatable bonds is 3. The fraction of sp³-hybridized carbons (Fsp3) is 0.500. The highest BCUT2D eigenvalue weighted by molar-refractivity contribution is 6.30. The minimum atomic E-state index is -0.352. The monoisotopic (exact) mass is 258 g/mol. The fourth-order valence-electron chi connectivity index (χ4n) is 2.18. The molecule has 0 aromatic heterocycles. The summed E-state index contributed by atoms with van der Waals surface area (Å²) in [5.74, 6) is 5.16. The molecule has 1 aromatic carbocycles. The first kappa shape index (κ1) is 12.8. The lowest BCUT2D eigenvalue weighted by Crippen LogP contribution is -2.40. The molecule has 94 valence electrons. The van der Waals surface area contributed by atoms with E-state index in [1.807, 2.05) is 0 Å². The van der Waals surface area contributed by atoms with Crippen molar-refractivity contribution in [3.05, 3.63) is 34.6 Å². The average molecular weight is 259 g/mol. The summed E-state index contributed by atoms with van der Waals surface area (Å²) in [7, 11) is 0. The molecule has 1 heterocycles. The highest BCUT2D eigenvalue weighted by atomic mass is 35.5. The van der Waals surface area contributed by atoms with Gasteiger partial charge in [-0.3, -0.25) is 11.3 Å². The Labute approximate surface area is 105 Å². The molecule has 2 atom stereocenters. The quantitative estimate of drug-likeness (QED) is 0.647. The Morgan fingerprint density at radius 3 is 2.88 bits per heavy atom. The van der Waals surface area contributed by atoms with Gasteiger partial charge in [0.05, 0.1) is 12.1 Å². The van der Waals surface area contributed by atoms with Gasteiger partial charge in [0, 0.05) is 17.2 Å². The van der Waals surface area contributed by atoms with Gasteiger partial charge in [-0.2, -0.15) is 0 Å². The normalized spacial score (nSPS) is 22.4. The van der Waals surface area contributed by atoms with Crippen molar-refractivity contribution in [2.75, 3.05) is 6.61 Å². The molecule has 0 aliphatic carbocycles. The molecule has 2 rings (SSSR count). The number of hydrazine groups is 1. The molecule has 0 amide bonds. The van der Waals surface area contributed by atoms with E-state index in [9.17, 15) is 4.39 Å². The molecule has 1 aliphatic rings. The third kappa shape index (κ3) is 2.96. The zero-order valence-electron chi connectivity index (χ0n) is 9.46. The van der Waals surface area contributed by atoms with Gasteiger partial charge in [-0.05, 0) is 31.4 Å². The third-order valence-corrected chi connectivity index (χ3v) is 3.30. The Morgan fingerprint density at radius 2 is 2.29 bits per heavy atom. The standard InChI is InChI=1S/C12H16ClFN2O/c13-8-4-5-9(10(14)7-8)12(16-15)11-3-1-2-6-17-11/h4-5,7,11-12,16H,1-3,6,15H2. The lowest BCUT2D eigenvalue weighted by molar-refractivity contribution is -0.00892. The van der Waals surface area contributed by atoms with Crippen LogP contribution in [0.25, 0.3) is 0 Å². The van der Waals surface area contributed by atoms with Crippen molar-refractivity contribution >= 4 is 11.6 Å². The van der Waals surface area contributed by atoms with Crippen molar-refractivity contribution in [1.82, 2.24) is 5.43 Å². The van der Waals surface area contributed by atoms with E-state index in [1.54, 1.807) is 12.1 Å². The maximum Gasteiger partial charge on any atom is 0.129 e. The SMILES string of the molecule is NNC(c1ccc(Cl)cc1F)C1CCCCO1. The molecule has 1 saturated heterocycles. The first-order valence-corrected chi connectivity index (χ1v) is 6.13. The summed E-state index contributed by atoms with van der Waals surface area (Å²) in [6, 6.07) is 4.28. The molecule has 0 spiro atoms. The van der Waals surface area contributed by atoms with Crippen LogP contribution in [0.3, 0.4) is 0 Å². The second kappa shape index (κ2) is 5.78. The van der Waals surface area contributed by atoms with Gasteiger partial charge in [-0.25, -0.2) is 4.39 Å². The van der Waals surface area contributed by atoms with E-state index >= 15 is 0 Å². The van der Waals surface area contributed by atoms with Crippen LogP contribution in [-0.2, 0) is 4.74 Å². The Hall–Kier alpha value is -0.680. The number of nitrogens with two attached hydrogens (primary N) is 1. The predicted molar refractivity (Wildman–Crippen MR) is 65.1 cm³/mol. The zero-order valence-corrected chi connectivity index (χ0v) is 10.2. The van der Waals surface area contributed by atoms with Crippen molar-refractivity contribution in [2.45, 2.75) is 31.4 Å². The molecule has 1 fully saturated rings. The Kier molecular flexibility index (Phi) is 4.34. The molecule has 5 heteroatoms. The Bertz CT molecular complexity index is 383. The van der Waals surface area contributed by atoms with Crippen LogP contribution in [0.5, 0.6) is 0 Å². The van der Waals surface area contributed by atoms with Crippen LogP contribution in [0.1, 0.15) is 30.9 Å². The molecule has 3 N–H and O–H groups in total. The third-order valence-electron chi connectivity index (χ3n) is 3.06. The van der Waals surface area contributed by atoms with Crippen LogP contribution in [-0.4, -0.2) is 12.7 Å². The second-order valence-corrected chi connectivity index (χ2v) is 4.65. The molecule has 17 heavy (non-hydrogen) atoms. The molecule has 3 nitrogen and oxygen atoms in total. The smallest absolute Gasteiger partial charge is 0.129 e. The molecule has 0 bridgehead atoms. The highest BCUT2D eigenvalue weighted by Gasteiger charge is 2.27. The molecular weight excluding hydrogens is 243 g/mol. The first-order chi connectivity index (χ1) is 8.22. The minimum Gasteiger partial charge on any atom is -0.376 e. The van der Waals surface area contributed by atoms with E-state index in [1.165, 1.54) is 6.07 Å². The minimum absolute atomic E-state index is 0.0792. The predicted octanol–water partition coefficient (Wildman–Crippen LogP) is 2.55. The summed E-state index contributed by atoms with van der Waals surface area (Å²) in [6.45, 7) is 0.706. The fourth-order valence-corrected chi connectivity index (χ4v) is 2.34. The van der Waals surface area contributed by atoms with Crippen molar-refractivity contribution in [3.8, 4) is 0 Å². The molecular formula is C12H16ClFN2O. The number of halogens is 2. The van der Waals surface area contributed by atoms with E-state index in [0.29, 0.717) is 17.2 Å². The van der Waals surface area contributed by atoms with Gasteiger partial charge < -0.3 is 4.74 Å². The summed E-state index contributed by atoms with van der Waals surface area (Å²) in [5, 5.41) is 0.381. The summed E-state index contributed by atoms with van der Waals surface area (Å²) >= 11 is 5.73. The van der Waals surface area contributed by atoms with E-state index < -0.39 is 0 Å². The van der Waals surface area contributed by atoms with Gasteiger partial charge >= 0.3 is 0 Å². The average Bonchev–Trinajstić information content (AvgIpc) is 2.34. The maximum absolute atomic E-state index is 13.8. The van der Waals surface area contributed by atoms with Crippen molar-refractivity contribution in [1.29, 1.82) is 0 Å². The van der Waals surface area contributed by atoms with E-state index in [4.69, 9.17) is 22.2 Å². The number of hydrogen-bond acceptors (Lipinski definition) is 3. The first-order valence-electron chi connectivity index (χ1n) is 5.75. The zero-order chi connectivity index (χ0) is 12.3.